The minimum Gasteiger partial charge on any atom is -0.393 e. The van der Waals surface area contributed by atoms with Crippen LogP contribution >= 0.6 is 27.5 Å². The molecule has 0 radical (unpaired) electrons. The van der Waals surface area contributed by atoms with Crippen molar-refractivity contribution in [1.82, 2.24) is 0 Å². The van der Waals surface area contributed by atoms with Crippen molar-refractivity contribution in [2.75, 3.05) is 0 Å². The molecule has 0 heterocycles. The van der Waals surface area contributed by atoms with E-state index in [9.17, 15) is 5.11 Å². The number of rotatable bonds is 4. The third kappa shape index (κ3) is 3.78. The summed E-state index contributed by atoms with van der Waals surface area (Å²) in [7, 11) is 0. The summed E-state index contributed by atoms with van der Waals surface area (Å²) < 4.78 is 0.967. The summed E-state index contributed by atoms with van der Waals surface area (Å²) in [5.41, 5.74) is 1.01. The molecule has 84 valence electrons. The van der Waals surface area contributed by atoms with Gasteiger partial charge in [-0.05, 0) is 23.6 Å². The third-order valence-electron chi connectivity index (χ3n) is 2.74. The van der Waals surface area contributed by atoms with E-state index < -0.39 is 0 Å². The highest BCUT2D eigenvalue weighted by Gasteiger charge is 2.14. The SMILES string of the molecule is CCC(C)C(O)Cc1ccc(Br)cc1Cl. The van der Waals surface area contributed by atoms with Crippen LogP contribution in [-0.2, 0) is 6.42 Å². The van der Waals surface area contributed by atoms with Crippen molar-refractivity contribution in [1.29, 1.82) is 0 Å². The zero-order valence-electron chi connectivity index (χ0n) is 9.00. The summed E-state index contributed by atoms with van der Waals surface area (Å²) in [4.78, 5) is 0. The quantitative estimate of drug-likeness (QED) is 0.887. The van der Waals surface area contributed by atoms with E-state index in [4.69, 9.17) is 11.6 Å². The van der Waals surface area contributed by atoms with Crippen molar-refractivity contribution in [3.8, 4) is 0 Å². The lowest BCUT2D eigenvalue weighted by Crippen LogP contribution is -2.19. The molecule has 0 spiro atoms. The Labute approximate surface area is 105 Å². The molecule has 0 aliphatic heterocycles. The Morgan fingerprint density at radius 1 is 1.47 bits per heavy atom. The van der Waals surface area contributed by atoms with Crippen molar-refractivity contribution < 1.29 is 5.11 Å². The van der Waals surface area contributed by atoms with E-state index in [2.05, 4.69) is 29.8 Å². The number of halogens is 2. The second kappa shape index (κ2) is 5.88. The van der Waals surface area contributed by atoms with Gasteiger partial charge in [0.05, 0.1) is 6.10 Å². The summed E-state index contributed by atoms with van der Waals surface area (Å²) in [5, 5.41) is 10.6. The van der Waals surface area contributed by atoms with Gasteiger partial charge >= 0.3 is 0 Å². The molecular formula is C12H16BrClO. The number of aliphatic hydroxyl groups is 1. The lowest BCUT2D eigenvalue weighted by atomic mass is 9.96. The predicted molar refractivity (Wildman–Crippen MR) is 68.3 cm³/mol. The number of benzene rings is 1. The zero-order valence-corrected chi connectivity index (χ0v) is 11.3. The number of hydrogen-bond acceptors (Lipinski definition) is 1. The summed E-state index contributed by atoms with van der Waals surface area (Å²) in [6.07, 6.45) is 1.30. The van der Waals surface area contributed by atoms with Gasteiger partial charge in [-0.3, -0.25) is 0 Å². The molecule has 1 rings (SSSR count). The molecule has 2 unspecified atom stereocenters. The highest BCUT2D eigenvalue weighted by atomic mass is 79.9. The lowest BCUT2D eigenvalue weighted by molar-refractivity contribution is 0.115. The number of hydrogen-bond donors (Lipinski definition) is 1. The molecule has 0 bridgehead atoms. The normalized spacial score (nSPS) is 15.0. The van der Waals surface area contributed by atoms with Crippen LogP contribution in [0.25, 0.3) is 0 Å². The van der Waals surface area contributed by atoms with Gasteiger partial charge in [0.15, 0.2) is 0 Å². The first-order valence-electron chi connectivity index (χ1n) is 5.16. The fourth-order valence-corrected chi connectivity index (χ4v) is 2.14. The minimum atomic E-state index is -0.311. The maximum absolute atomic E-state index is 9.89. The van der Waals surface area contributed by atoms with E-state index in [-0.39, 0.29) is 6.10 Å². The fourth-order valence-electron chi connectivity index (χ4n) is 1.39. The van der Waals surface area contributed by atoms with Gasteiger partial charge in [-0.2, -0.15) is 0 Å². The van der Waals surface area contributed by atoms with Gasteiger partial charge in [0.25, 0.3) is 0 Å². The van der Waals surface area contributed by atoms with Gasteiger partial charge in [0, 0.05) is 15.9 Å². The second-order valence-corrected chi connectivity index (χ2v) is 5.22. The van der Waals surface area contributed by atoms with E-state index >= 15 is 0 Å². The average molecular weight is 292 g/mol. The van der Waals surface area contributed by atoms with Crippen molar-refractivity contribution >= 4 is 27.5 Å². The van der Waals surface area contributed by atoms with Gasteiger partial charge < -0.3 is 5.11 Å². The molecule has 0 saturated heterocycles. The van der Waals surface area contributed by atoms with E-state index in [0.29, 0.717) is 17.4 Å². The van der Waals surface area contributed by atoms with E-state index in [1.54, 1.807) is 0 Å². The highest BCUT2D eigenvalue weighted by molar-refractivity contribution is 9.10. The molecule has 0 amide bonds. The maximum Gasteiger partial charge on any atom is 0.0606 e. The number of aliphatic hydroxyl groups excluding tert-OH is 1. The Morgan fingerprint density at radius 2 is 2.13 bits per heavy atom. The fraction of sp³-hybridized carbons (Fsp3) is 0.500. The molecule has 0 aromatic heterocycles. The van der Waals surface area contributed by atoms with Crippen LogP contribution in [0, 0.1) is 5.92 Å². The van der Waals surface area contributed by atoms with E-state index in [0.717, 1.165) is 16.5 Å². The Morgan fingerprint density at radius 3 is 2.67 bits per heavy atom. The van der Waals surface area contributed by atoms with Crippen LogP contribution in [0.3, 0.4) is 0 Å². The average Bonchev–Trinajstić information content (AvgIpc) is 2.20. The molecule has 15 heavy (non-hydrogen) atoms. The van der Waals surface area contributed by atoms with E-state index in [1.807, 2.05) is 18.2 Å². The topological polar surface area (TPSA) is 20.2 Å². The van der Waals surface area contributed by atoms with Crippen molar-refractivity contribution in [2.24, 2.45) is 5.92 Å². The first-order chi connectivity index (χ1) is 7.04. The van der Waals surface area contributed by atoms with Crippen molar-refractivity contribution in [2.45, 2.75) is 32.8 Å². The summed E-state index contributed by atoms with van der Waals surface area (Å²) in [6, 6.07) is 5.77. The summed E-state index contributed by atoms with van der Waals surface area (Å²) in [5.74, 6) is 0.310. The molecule has 0 aliphatic carbocycles. The molecule has 1 aromatic carbocycles. The molecular weight excluding hydrogens is 275 g/mol. The van der Waals surface area contributed by atoms with Crippen molar-refractivity contribution in [3.05, 3.63) is 33.3 Å². The first kappa shape index (κ1) is 13.0. The zero-order chi connectivity index (χ0) is 11.4. The Bertz CT molecular complexity index is 327. The Hall–Kier alpha value is -0.0500. The lowest BCUT2D eigenvalue weighted by Gasteiger charge is -2.17. The van der Waals surface area contributed by atoms with Crippen molar-refractivity contribution in [3.63, 3.8) is 0 Å². The van der Waals surface area contributed by atoms with Gasteiger partial charge in [-0.1, -0.05) is 53.9 Å². The van der Waals surface area contributed by atoms with Gasteiger partial charge in [0.1, 0.15) is 0 Å². The van der Waals surface area contributed by atoms with Crippen LogP contribution in [-0.4, -0.2) is 11.2 Å². The standard InChI is InChI=1S/C12H16BrClO/c1-3-8(2)12(15)6-9-4-5-10(13)7-11(9)14/h4-5,7-8,12,15H,3,6H2,1-2H3. The maximum atomic E-state index is 9.89. The van der Waals surface area contributed by atoms with Crippen LogP contribution < -0.4 is 0 Å². The van der Waals surface area contributed by atoms with Gasteiger partial charge in [0.2, 0.25) is 0 Å². The molecule has 0 aliphatic rings. The molecule has 2 atom stereocenters. The summed E-state index contributed by atoms with van der Waals surface area (Å²) in [6.45, 7) is 4.13. The van der Waals surface area contributed by atoms with Gasteiger partial charge in [-0.15, -0.1) is 0 Å². The molecule has 3 heteroatoms. The molecule has 0 fully saturated rings. The molecule has 1 N–H and O–H groups in total. The monoisotopic (exact) mass is 290 g/mol. The van der Waals surface area contributed by atoms with Crippen LogP contribution in [0.4, 0.5) is 0 Å². The smallest absolute Gasteiger partial charge is 0.0606 e. The van der Waals surface area contributed by atoms with Crippen LogP contribution in [0.15, 0.2) is 22.7 Å². The molecule has 0 saturated carbocycles. The first-order valence-corrected chi connectivity index (χ1v) is 6.33. The van der Waals surface area contributed by atoms with Crippen LogP contribution in [0.1, 0.15) is 25.8 Å². The highest BCUT2D eigenvalue weighted by Crippen LogP contribution is 2.24. The van der Waals surface area contributed by atoms with Crippen LogP contribution in [0.5, 0.6) is 0 Å². The Balaban J connectivity index is 2.72. The third-order valence-corrected chi connectivity index (χ3v) is 3.59. The molecule has 1 aromatic rings. The van der Waals surface area contributed by atoms with E-state index in [1.165, 1.54) is 0 Å². The predicted octanol–water partition coefficient (Wildman–Crippen LogP) is 4.05. The van der Waals surface area contributed by atoms with Crippen LogP contribution in [0.2, 0.25) is 5.02 Å². The molecule has 1 nitrogen and oxygen atoms in total. The second-order valence-electron chi connectivity index (χ2n) is 3.89. The Kier molecular flexibility index (Phi) is 5.10. The minimum absolute atomic E-state index is 0.310. The largest absolute Gasteiger partial charge is 0.393 e. The summed E-state index contributed by atoms with van der Waals surface area (Å²) >= 11 is 9.44. The van der Waals surface area contributed by atoms with Gasteiger partial charge in [-0.25, -0.2) is 0 Å².